The lowest BCUT2D eigenvalue weighted by Gasteiger charge is -2.11. The summed E-state index contributed by atoms with van der Waals surface area (Å²) >= 11 is 0. The lowest BCUT2D eigenvalue weighted by molar-refractivity contribution is 1.08. The van der Waals surface area contributed by atoms with Crippen LogP contribution in [0.15, 0.2) is 188 Å². The van der Waals surface area contributed by atoms with Crippen molar-refractivity contribution < 1.29 is 0 Å². The molecule has 0 amide bonds. The number of benzene rings is 9. The first-order chi connectivity index (χ1) is 25.7. The minimum atomic E-state index is 0.642. The van der Waals surface area contributed by atoms with E-state index in [9.17, 15) is 0 Å². The maximum absolute atomic E-state index is 5.09. The Kier molecular flexibility index (Phi) is 7.14. The Labute approximate surface area is 301 Å². The number of nitrogens with zero attached hydrogens (tertiary/aromatic N) is 3. The summed E-state index contributed by atoms with van der Waals surface area (Å²) in [6.07, 6.45) is 0. The first kappa shape index (κ1) is 29.9. The highest BCUT2D eigenvalue weighted by Crippen LogP contribution is 2.34. The molecule has 52 heavy (non-hydrogen) atoms. The maximum Gasteiger partial charge on any atom is 0.164 e. The highest BCUT2D eigenvalue weighted by molar-refractivity contribution is 5.99. The third-order valence-corrected chi connectivity index (χ3v) is 10.0. The fraction of sp³-hybridized carbons (Fsp3) is 0. The van der Waals surface area contributed by atoms with Crippen LogP contribution >= 0.6 is 0 Å². The fourth-order valence-electron chi connectivity index (χ4n) is 7.33. The lowest BCUT2D eigenvalue weighted by Crippen LogP contribution is -2.00. The van der Waals surface area contributed by atoms with Crippen molar-refractivity contribution in [1.29, 1.82) is 0 Å². The Bertz CT molecular complexity index is 2880. The summed E-state index contributed by atoms with van der Waals surface area (Å²) in [7, 11) is 0. The zero-order valence-electron chi connectivity index (χ0n) is 28.2. The highest BCUT2D eigenvalue weighted by atomic mass is 15.0. The molecule has 10 rings (SSSR count). The average molecular weight is 662 g/mol. The Balaban J connectivity index is 1.06. The van der Waals surface area contributed by atoms with Gasteiger partial charge < -0.3 is 0 Å². The summed E-state index contributed by atoms with van der Waals surface area (Å²) in [5.41, 5.74) is 7.58. The molecule has 0 aliphatic heterocycles. The molecule has 0 spiro atoms. The summed E-state index contributed by atoms with van der Waals surface area (Å²) in [5, 5.41) is 9.60. The van der Waals surface area contributed by atoms with Crippen LogP contribution in [0, 0.1) is 0 Å². The van der Waals surface area contributed by atoms with E-state index in [4.69, 9.17) is 15.0 Å². The number of hydrogen-bond donors (Lipinski definition) is 0. The van der Waals surface area contributed by atoms with Crippen LogP contribution in [0.4, 0.5) is 0 Å². The van der Waals surface area contributed by atoms with E-state index in [2.05, 4.69) is 188 Å². The molecule has 0 saturated carbocycles. The average Bonchev–Trinajstić information content (AvgIpc) is 3.22. The van der Waals surface area contributed by atoms with Crippen LogP contribution in [0.1, 0.15) is 0 Å². The molecule has 9 aromatic carbocycles. The third-order valence-electron chi connectivity index (χ3n) is 10.0. The molecule has 3 nitrogen and oxygen atoms in total. The highest BCUT2D eigenvalue weighted by Gasteiger charge is 2.14. The number of hydrogen-bond acceptors (Lipinski definition) is 3. The van der Waals surface area contributed by atoms with Gasteiger partial charge in [-0.2, -0.15) is 0 Å². The van der Waals surface area contributed by atoms with Crippen molar-refractivity contribution >= 4 is 43.1 Å². The smallest absolute Gasteiger partial charge is 0.164 e. The Hall–Kier alpha value is -6.97. The van der Waals surface area contributed by atoms with Crippen LogP contribution in [-0.2, 0) is 0 Å². The van der Waals surface area contributed by atoms with Gasteiger partial charge in [-0.1, -0.05) is 158 Å². The van der Waals surface area contributed by atoms with E-state index in [1.807, 2.05) is 0 Å². The standard InChI is InChI=1S/C49H31N3/c1-3-12-35-29-43(25-19-32(35)9-1)48-50-47(51-49(52-48)44-26-20-33-10-2-4-13-36(33)30-44)42-16-7-15-37(31-42)38-21-22-40-28-41(24-23-39(40)27-38)46-18-8-14-34-11-5-6-17-45(34)46/h1-31H. The van der Waals surface area contributed by atoms with Crippen LogP contribution in [0.25, 0.3) is 99.5 Å². The molecule has 0 saturated heterocycles. The van der Waals surface area contributed by atoms with Gasteiger partial charge in [0.25, 0.3) is 0 Å². The van der Waals surface area contributed by atoms with E-state index < -0.39 is 0 Å². The van der Waals surface area contributed by atoms with Crippen molar-refractivity contribution in [2.75, 3.05) is 0 Å². The molecule has 0 aliphatic carbocycles. The SMILES string of the molecule is c1cc(-c2ccc3cc(-c4cccc5ccccc45)ccc3c2)cc(-c2nc(-c3ccc4ccccc4c3)nc(-c3ccc4ccccc4c3)n2)c1. The van der Waals surface area contributed by atoms with Gasteiger partial charge in [0.1, 0.15) is 0 Å². The normalized spacial score (nSPS) is 11.5. The monoisotopic (exact) mass is 661 g/mol. The molecule has 0 fully saturated rings. The van der Waals surface area contributed by atoms with Gasteiger partial charge in [0, 0.05) is 16.7 Å². The summed E-state index contributed by atoms with van der Waals surface area (Å²) in [6, 6.07) is 66.7. The van der Waals surface area contributed by atoms with Crippen molar-refractivity contribution in [1.82, 2.24) is 15.0 Å². The van der Waals surface area contributed by atoms with Crippen LogP contribution < -0.4 is 0 Å². The van der Waals surface area contributed by atoms with E-state index in [-0.39, 0.29) is 0 Å². The van der Waals surface area contributed by atoms with E-state index >= 15 is 0 Å². The zero-order valence-corrected chi connectivity index (χ0v) is 28.2. The number of aromatic nitrogens is 3. The number of rotatable bonds is 5. The molecule has 1 aromatic heterocycles. The van der Waals surface area contributed by atoms with Crippen molar-refractivity contribution in [3.8, 4) is 56.4 Å². The van der Waals surface area contributed by atoms with Crippen molar-refractivity contribution in [3.63, 3.8) is 0 Å². The number of fused-ring (bicyclic) bond motifs is 4. The van der Waals surface area contributed by atoms with Crippen molar-refractivity contribution in [3.05, 3.63) is 188 Å². The summed E-state index contributed by atoms with van der Waals surface area (Å²) in [5.74, 6) is 1.94. The van der Waals surface area contributed by atoms with Gasteiger partial charge in [-0.05, 0) is 95.7 Å². The van der Waals surface area contributed by atoms with Crippen LogP contribution in [-0.4, -0.2) is 15.0 Å². The van der Waals surface area contributed by atoms with Gasteiger partial charge in [-0.15, -0.1) is 0 Å². The zero-order chi connectivity index (χ0) is 34.4. The molecule has 0 aliphatic rings. The molecule has 0 atom stereocenters. The maximum atomic E-state index is 5.09. The van der Waals surface area contributed by atoms with E-state index in [0.29, 0.717) is 17.5 Å². The first-order valence-corrected chi connectivity index (χ1v) is 17.6. The summed E-state index contributed by atoms with van der Waals surface area (Å²) in [6.45, 7) is 0. The summed E-state index contributed by atoms with van der Waals surface area (Å²) < 4.78 is 0. The largest absolute Gasteiger partial charge is 0.208 e. The first-order valence-electron chi connectivity index (χ1n) is 17.6. The molecular formula is C49H31N3. The summed E-state index contributed by atoms with van der Waals surface area (Å²) in [4.78, 5) is 15.2. The fourth-order valence-corrected chi connectivity index (χ4v) is 7.33. The van der Waals surface area contributed by atoms with Crippen LogP contribution in [0.5, 0.6) is 0 Å². The van der Waals surface area contributed by atoms with Crippen LogP contribution in [0.2, 0.25) is 0 Å². The Morgan fingerprint density at radius 3 is 1.27 bits per heavy atom. The quantitative estimate of drug-likeness (QED) is 0.184. The van der Waals surface area contributed by atoms with Gasteiger partial charge in [-0.3, -0.25) is 0 Å². The molecule has 10 aromatic rings. The molecule has 1 heterocycles. The third kappa shape index (κ3) is 5.46. The molecule has 0 unspecified atom stereocenters. The van der Waals surface area contributed by atoms with Crippen molar-refractivity contribution in [2.45, 2.75) is 0 Å². The van der Waals surface area contributed by atoms with Gasteiger partial charge >= 0.3 is 0 Å². The Morgan fingerprint density at radius 2 is 0.615 bits per heavy atom. The second-order valence-corrected chi connectivity index (χ2v) is 13.3. The molecule has 0 radical (unpaired) electrons. The van der Waals surface area contributed by atoms with Gasteiger partial charge in [0.2, 0.25) is 0 Å². The van der Waals surface area contributed by atoms with Gasteiger partial charge in [0.15, 0.2) is 17.5 Å². The topological polar surface area (TPSA) is 38.7 Å². The predicted octanol–water partition coefficient (Wildman–Crippen LogP) is 12.8. The molecule has 242 valence electrons. The van der Waals surface area contributed by atoms with Gasteiger partial charge in [0.05, 0.1) is 0 Å². The predicted molar refractivity (Wildman–Crippen MR) is 217 cm³/mol. The molecule has 0 bridgehead atoms. The van der Waals surface area contributed by atoms with E-state index in [1.165, 1.54) is 43.4 Å². The van der Waals surface area contributed by atoms with E-state index in [1.54, 1.807) is 0 Å². The second-order valence-electron chi connectivity index (χ2n) is 13.3. The second kappa shape index (κ2) is 12.4. The lowest BCUT2D eigenvalue weighted by atomic mass is 9.94. The van der Waals surface area contributed by atoms with Crippen molar-refractivity contribution in [2.24, 2.45) is 0 Å². The molecule has 0 N–H and O–H groups in total. The minimum Gasteiger partial charge on any atom is -0.208 e. The molecular weight excluding hydrogens is 631 g/mol. The van der Waals surface area contributed by atoms with Gasteiger partial charge in [-0.25, -0.2) is 15.0 Å². The van der Waals surface area contributed by atoms with Crippen LogP contribution in [0.3, 0.4) is 0 Å². The molecule has 3 heteroatoms. The Morgan fingerprint density at radius 1 is 0.231 bits per heavy atom. The van der Waals surface area contributed by atoms with E-state index in [0.717, 1.165) is 38.6 Å². The minimum absolute atomic E-state index is 0.642.